The molecule has 7 heteroatoms. The molecule has 4 rings (SSSR count). The van der Waals surface area contributed by atoms with Gasteiger partial charge in [0.25, 0.3) is 0 Å². The Morgan fingerprint density at radius 3 is 2.38 bits per heavy atom. The van der Waals surface area contributed by atoms with Crippen molar-refractivity contribution in [2.24, 2.45) is 5.73 Å². The van der Waals surface area contributed by atoms with E-state index in [2.05, 4.69) is 0 Å². The molecule has 24 heavy (non-hydrogen) atoms. The van der Waals surface area contributed by atoms with Gasteiger partial charge in [-0.05, 0) is 37.7 Å². The predicted molar refractivity (Wildman–Crippen MR) is 83.6 cm³/mol. The number of carbonyl (C=O) groups is 1. The molecule has 0 saturated heterocycles. The van der Waals surface area contributed by atoms with Gasteiger partial charge in [-0.3, -0.25) is 9.36 Å². The summed E-state index contributed by atoms with van der Waals surface area (Å²) in [6.07, 6.45) is 3.37. The van der Waals surface area contributed by atoms with Gasteiger partial charge in [0.1, 0.15) is 5.52 Å². The van der Waals surface area contributed by atoms with E-state index >= 15 is 0 Å². The molecule has 2 aromatic rings. The van der Waals surface area contributed by atoms with Gasteiger partial charge in [-0.2, -0.15) is 4.39 Å². The van der Waals surface area contributed by atoms with Gasteiger partial charge in [-0.1, -0.05) is 0 Å². The molecule has 0 unspecified atom stereocenters. The first kappa shape index (κ1) is 15.1. The summed E-state index contributed by atoms with van der Waals surface area (Å²) in [5, 5.41) is -0.0733. The van der Waals surface area contributed by atoms with E-state index in [0.717, 1.165) is 36.3 Å². The maximum atomic E-state index is 14.2. The second-order valence-electron chi connectivity index (χ2n) is 6.45. The summed E-state index contributed by atoms with van der Waals surface area (Å²) in [6, 6.07) is 0.00505. The molecule has 2 N–H and O–H groups in total. The third-order valence-electron chi connectivity index (χ3n) is 4.75. The lowest BCUT2D eigenvalue weighted by Crippen LogP contribution is -2.29. The lowest BCUT2D eigenvalue weighted by Gasteiger charge is -2.19. The maximum absolute atomic E-state index is 14.2. The molecule has 5 nitrogen and oxygen atoms in total. The fourth-order valence-electron chi connectivity index (χ4n) is 3.43. The van der Waals surface area contributed by atoms with Crippen LogP contribution in [0.15, 0.2) is 10.9 Å². The number of nitrogens with two attached hydrogens (primary N) is 1. The first-order valence-corrected chi connectivity index (χ1v) is 7.90. The minimum absolute atomic E-state index is 0.0445. The second kappa shape index (κ2) is 5.03. The highest BCUT2D eigenvalue weighted by Gasteiger charge is 2.39. The number of amides is 1. The summed E-state index contributed by atoms with van der Waals surface area (Å²) in [5.74, 6) is -2.79. The Balaban J connectivity index is 2.25. The summed E-state index contributed by atoms with van der Waals surface area (Å²) in [4.78, 5) is 25.1. The first-order valence-electron chi connectivity index (χ1n) is 7.90. The normalized spacial score (nSPS) is 17.3. The number of aromatic nitrogens is 1. The van der Waals surface area contributed by atoms with Gasteiger partial charge in [-0.15, -0.1) is 0 Å². The van der Waals surface area contributed by atoms with Gasteiger partial charge in [0, 0.05) is 17.2 Å². The van der Waals surface area contributed by atoms with Crippen LogP contribution in [-0.4, -0.2) is 17.7 Å². The van der Waals surface area contributed by atoms with E-state index in [4.69, 9.17) is 10.5 Å². The van der Waals surface area contributed by atoms with Crippen molar-refractivity contribution < 1.29 is 18.3 Å². The van der Waals surface area contributed by atoms with Crippen LogP contribution in [-0.2, 0) is 0 Å². The Hall–Kier alpha value is -2.44. The molecule has 126 valence electrons. The minimum atomic E-state index is -1.24. The molecule has 2 saturated carbocycles. The number of hydrogen-bond donors (Lipinski definition) is 1. The van der Waals surface area contributed by atoms with Crippen LogP contribution in [0.5, 0.6) is 5.75 Å². The van der Waals surface area contributed by atoms with Crippen LogP contribution in [0.25, 0.3) is 10.9 Å². The molecular weight excluding hydrogens is 318 g/mol. The zero-order chi connectivity index (χ0) is 17.2. The number of fused-ring (bicyclic) bond motifs is 1. The summed E-state index contributed by atoms with van der Waals surface area (Å²) in [7, 11) is 1.17. The number of hydrogen-bond acceptors (Lipinski definition) is 3. The van der Waals surface area contributed by atoms with E-state index in [1.807, 2.05) is 0 Å². The van der Waals surface area contributed by atoms with E-state index < -0.39 is 23.4 Å². The highest BCUT2D eigenvalue weighted by Crippen LogP contribution is 2.49. The van der Waals surface area contributed by atoms with Gasteiger partial charge < -0.3 is 10.5 Å². The van der Waals surface area contributed by atoms with Crippen molar-refractivity contribution in [1.29, 1.82) is 0 Å². The zero-order valence-electron chi connectivity index (χ0n) is 13.1. The number of nitrogens with zero attached hydrogens (tertiary/aromatic N) is 1. The highest BCUT2D eigenvalue weighted by molar-refractivity contribution is 5.95. The Labute approximate surface area is 136 Å². The molecule has 0 spiro atoms. The van der Waals surface area contributed by atoms with Crippen LogP contribution >= 0.6 is 0 Å². The van der Waals surface area contributed by atoms with Crippen LogP contribution in [0, 0.1) is 11.6 Å². The Morgan fingerprint density at radius 2 is 1.88 bits per heavy atom. The number of halogens is 2. The monoisotopic (exact) mass is 334 g/mol. The van der Waals surface area contributed by atoms with E-state index in [0.29, 0.717) is 11.3 Å². The largest absolute Gasteiger partial charge is 0.491 e. The van der Waals surface area contributed by atoms with Crippen LogP contribution in [0.4, 0.5) is 13.6 Å². The van der Waals surface area contributed by atoms with E-state index in [9.17, 15) is 18.4 Å². The van der Waals surface area contributed by atoms with Gasteiger partial charge in [0.2, 0.25) is 5.82 Å². The summed E-state index contributed by atoms with van der Waals surface area (Å²) >= 11 is 0. The standard InChI is InChI=1S/C17H16F2N2O3/c1-24-16-12(19)10(18)6-9-14(16)21(17(20)23)13(8-4-5-8)11(15(9)22)7-2-3-7/h6-8H,2-5H2,1H3,(H2,20,23). The van der Waals surface area contributed by atoms with Crippen molar-refractivity contribution >= 4 is 16.9 Å². The predicted octanol–water partition coefficient (Wildman–Crippen LogP) is 2.97. The quantitative estimate of drug-likeness (QED) is 0.938. The Morgan fingerprint density at radius 1 is 1.25 bits per heavy atom. The number of carbonyl (C=O) groups excluding carboxylic acids is 1. The molecule has 0 atom stereocenters. The minimum Gasteiger partial charge on any atom is -0.491 e. The topological polar surface area (TPSA) is 74.3 Å². The van der Waals surface area contributed by atoms with Crippen LogP contribution in [0.2, 0.25) is 0 Å². The van der Waals surface area contributed by atoms with Crippen molar-refractivity contribution in [3.8, 4) is 5.75 Å². The van der Waals surface area contributed by atoms with Gasteiger partial charge in [-0.25, -0.2) is 9.18 Å². The summed E-state index contributed by atoms with van der Waals surface area (Å²) in [5.41, 5.74) is 6.18. The fourth-order valence-corrected chi connectivity index (χ4v) is 3.43. The summed E-state index contributed by atoms with van der Waals surface area (Å²) < 4.78 is 34.2. The molecule has 2 aliphatic carbocycles. The smallest absolute Gasteiger partial charge is 0.323 e. The molecule has 2 fully saturated rings. The van der Waals surface area contributed by atoms with Crippen LogP contribution in [0.1, 0.15) is 48.8 Å². The number of methoxy groups -OCH3 is 1. The van der Waals surface area contributed by atoms with Gasteiger partial charge >= 0.3 is 6.03 Å². The first-order chi connectivity index (χ1) is 11.5. The van der Waals surface area contributed by atoms with Gasteiger partial charge in [0.05, 0.1) is 12.5 Å². The van der Waals surface area contributed by atoms with Crippen molar-refractivity contribution in [3.63, 3.8) is 0 Å². The lowest BCUT2D eigenvalue weighted by molar-refractivity contribution is 0.250. The number of ether oxygens (including phenoxy) is 1. The van der Waals surface area contributed by atoms with Crippen molar-refractivity contribution in [1.82, 2.24) is 4.57 Å². The van der Waals surface area contributed by atoms with E-state index in [1.54, 1.807) is 0 Å². The molecule has 2 aliphatic rings. The SMILES string of the molecule is COc1c(F)c(F)cc2c(=O)c(C3CC3)c(C3CC3)n(C(N)=O)c12. The fraction of sp³-hybridized carbons (Fsp3) is 0.412. The molecule has 0 bridgehead atoms. The highest BCUT2D eigenvalue weighted by atomic mass is 19.2. The number of primary amides is 1. The lowest BCUT2D eigenvalue weighted by atomic mass is 10.00. The van der Waals surface area contributed by atoms with Crippen molar-refractivity contribution in [2.75, 3.05) is 7.11 Å². The zero-order valence-corrected chi connectivity index (χ0v) is 13.1. The van der Waals surface area contributed by atoms with Gasteiger partial charge in [0.15, 0.2) is 17.0 Å². The number of rotatable bonds is 3. The molecule has 1 aromatic heterocycles. The van der Waals surface area contributed by atoms with E-state index in [-0.39, 0.29) is 28.2 Å². The molecule has 1 amide bonds. The molecule has 0 aliphatic heterocycles. The van der Waals surface area contributed by atoms with Crippen molar-refractivity contribution in [2.45, 2.75) is 37.5 Å². The second-order valence-corrected chi connectivity index (χ2v) is 6.45. The average Bonchev–Trinajstić information content (AvgIpc) is 3.41. The third-order valence-corrected chi connectivity index (χ3v) is 4.75. The summed E-state index contributed by atoms with van der Waals surface area (Å²) in [6.45, 7) is 0. The maximum Gasteiger partial charge on any atom is 0.323 e. The average molecular weight is 334 g/mol. The Kier molecular flexibility index (Phi) is 3.16. The van der Waals surface area contributed by atoms with Crippen LogP contribution in [0.3, 0.4) is 0 Å². The van der Waals surface area contributed by atoms with Crippen LogP contribution < -0.4 is 15.9 Å². The number of pyridine rings is 1. The molecule has 1 aromatic carbocycles. The molecule has 0 radical (unpaired) electrons. The van der Waals surface area contributed by atoms with Crippen molar-refractivity contribution in [3.05, 3.63) is 39.2 Å². The number of benzene rings is 1. The third kappa shape index (κ3) is 2.03. The van der Waals surface area contributed by atoms with E-state index in [1.165, 1.54) is 7.11 Å². The Bertz CT molecular complexity index is 943. The molecular formula is C17H16F2N2O3. The molecule has 1 heterocycles.